The van der Waals surface area contributed by atoms with E-state index in [1.54, 1.807) is 24.5 Å². The van der Waals surface area contributed by atoms with Crippen LogP contribution in [-0.2, 0) is 0 Å². The SMILES string of the molecule is Nc1c(F)cccc1-c1nc(-c2cncc(Br)c2)no1. The molecule has 0 unspecified atom stereocenters. The van der Waals surface area contributed by atoms with E-state index >= 15 is 0 Å². The predicted molar refractivity (Wildman–Crippen MR) is 75.0 cm³/mol. The number of benzene rings is 1. The maximum atomic E-state index is 13.4. The lowest BCUT2D eigenvalue weighted by Crippen LogP contribution is -1.94. The zero-order chi connectivity index (χ0) is 14.1. The van der Waals surface area contributed by atoms with Crippen LogP contribution in [0.1, 0.15) is 0 Å². The summed E-state index contributed by atoms with van der Waals surface area (Å²) in [6, 6.07) is 6.23. The smallest absolute Gasteiger partial charge is 0.260 e. The summed E-state index contributed by atoms with van der Waals surface area (Å²) in [5.41, 5.74) is 6.70. The number of halogens is 2. The molecule has 0 aliphatic heterocycles. The van der Waals surface area contributed by atoms with Crippen LogP contribution >= 0.6 is 15.9 Å². The second-order valence-electron chi connectivity index (χ2n) is 4.02. The molecule has 0 atom stereocenters. The second-order valence-corrected chi connectivity index (χ2v) is 4.93. The Kier molecular flexibility index (Phi) is 3.19. The van der Waals surface area contributed by atoms with Gasteiger partial charge in [0.25, 0.3) is 5.89 Å². The molecule has 0 bridgehead atoms. The number of nitrogens with zero attached hydrogens (tertiary/aromatic N) is 3. The van der Waals surface area contributed by atoms with E-state index in [0.29, 0.717) is 17.0 Å². The Labute approximate surface area is 121 Å². The Morgan fingerprint density at radius 3 is 2.90 bits per heavy atom. The van der Waals surface area contributed by atoms with E-state index in [-0.39, 0.29) is 11.6 Å². The molecule has 0 aliphatic carbocycles. The Morgan fingerprint density at radius 2 is 2.10 bits per heavy atom. The molecule has 20 heavy (non-hydrogen) atoms. The Bertz CT molecular complexity index is 775. The molecule has 0 amide bonds. The van der Waals surface area contributed by atoms with Crippen LogP contribution in [0.5, 0.6) is 0 Å². The molecule has 3 rings (SSSR count). The predicted octanol–water partition coefficient (Wildman–Crippen LogP) is 3.28. The summed E-state index contributed by atoms with van der Waals surface area (Å²) in [5, 5.41) is 3.85. The summed E-state index contributed by atoms with van der Waals surface area (Å²) in [4.78, 5) is 8.23. The summed E-state index contributed by atoms with van der Waals surface area (Å²) in [5.74, 6) is 0.000749. The van der Waals surface area contributed by atoms with Gasteiger partial charge >= 0.3 is 0 Å². The molecule has 3 aromatic rings. The summed E-state index contributed by atoms with van der Waals surface area (Å²) >= 11 is 3.31. The van der Waals surface area contributed by atoms with Crippen molar-refractivity contribution in [1.29, 1.82) is 0 Å². The highest BCUT2D eigenvalue weighted by Crippen LogP contribution is 2.28. The van der Waals surface area contributed by atoms with Gasteiger partial charge in [-0.3, -0.25) is 4.98 Å². The fraction of sp³-hybridized carbons (Fsp3) is 0. The number of para-hydroxylation sites is 1. The van der Waals surface area contributed by atoms with Gasteiger partial charge in [0.05, 0.1) is 11.3 Å². The number of nitrogen functional groups attached to an aromatic ring is 1. The first-order valence-corrected chi connectivity index (χ1v) is 6.43. The number of anilines is 1. The molecular weight excluding hydrogens is 327 g/mol. The van der Waals surface area contributed by atoms with Crippen LogP contribution in [0.4, 0.5) is 10.1 Å². The van der Waals surface area contributed by atoms with Crippen LogP contribution in [-0.4, -0.2) is 15.1 Å². The van der Waals surface area contributed by atoms with Crippen molar-refractivity contribution >= 4 is 21.6 Å². The van der Waals surface area contributed by atoms with Gasteiger partial charge in [-0.15, -0.1) is 0 Å². The molecule has 0 saturated heterocycles. The Morgan fingerprint density at radius 1 is 1.25 bits per heavy atom. The van der Waals surface area contributed by atoms with Gasteiger partial charge in [-0.25, -0.2) is 4.39 Å². The van der Waals surface area contributed by atoms with E-state index in [4.69, 9.17) is 10.3 Å². The highest BCUT2D eigenvalue weighted by molar-refractivity contribution is 9.10. The first kappa shape index (κ1) is 12.7. The van der Waals surface area contributed by atoms with Crippen molar-refractivity contribution in [3.8, 4) is 22.8 Å². The van der Waals surface area contributed by atoms with E-state index < -0.39 is 5.82 Å². The van der Waals surface area contributed by atoms with Crippen LogP contribution in [0, 0.1) is 5.82 Å². The number of nitrogens with two attached hydrogens (primary N) is 1. The third-order valence-electron chi connectivity index (χ3n) is 2.67. The number of hydrogen-bond acceptors (Lipinski definition) is 5. The second kappa shape index (κ2) is 5.01. The Hall–Kier alpha value is -2.28. The molecule has 0 fully saturated rings. The van der Waals surface area contributed by atoms with Gasteiger partial charge in [-0.05, 0) is 34.1 Å². The molecule has 1 aromatic carbocycles. The number of aromatic nitrogens is 3. The average molecular weight is 335 g/mol. The molecule has 2 heterocycles. The molecule has 0 spiro atoms. The maximum absolute atomic E-state index is 13.4. The minimum Gasteiger partial charge on any atom is -0.396 e. The topological polar surface area (TPSA) is 77.8 Å². The summed E-state index contributed by atoms with van der Waals surface area (Å²) in [7, 11) is 0. The van der Waals surface area contributed by atoms with Gasteiger partial charge in [0.15, 0.2) is 0 Å². The fourth-order valence-electron chi connectivity index (χ4n) is 1.71. The van der Waals surface area contributed by atoms with Crippen molar-refractivity contribution in [3.05, 3.63) is 46.9 Å². The highest BCUT2D eigenvalue weighted by atomic mass is 79.9. The molecule has 7 heteroatoms. The van der Waals surface area contributed by atoms with E-state index in [1.165, 1.54) is 12.1 Å². The van der Waals surface area contributed by atoms with Crippen molar-refractivity contribution in [2.45, 2.75) is 0 Å². The van der Waals surface area contributed by atoms with Crippen molar-refractivity contribution in [2.24, 2.45) is 0 Å². The zero-order valence-electron chi connectivity index (χ0n) is 10.0. The van der Waals surface area contributed by atoms with Crippen molar-refractivity contribution in [3.63, 3.8) is 0 Å². The quantitative estimate of drug-likeness (QED) is 0.727. The molecule has 0 radical (unpaired) electrons. The summed E-state index contributed by atoms with van der Waals surface area (Å²) in [6.07, 6.45) is 3.25. The first-order valence-electron chi connectivity index (χ1n) is 5.64. The van der Waals surface area contributed by atoms with Gasteiger partial charge in [0.2, 0.25) is 5.82 Å². The van der Waals surface area contributed by atoms with E-state index in [9.17, 15) is 4.39 Å². The van der Waals surface area contributed by atoms with Gasteiger partial charge in [0.1, 0.15) is 5.82 Å². The molecule has 2 aromatic heterocycles. The standard InChI is InChI=1S/C13H8BrFN4O/c14-8-4-7(5-17-6-8)12-18-13(20-19-12)9-2-1-3-10(15)11(9)16/h1-6H,16H2. The van der Waals surface area contributed by atoms with Crippen molar-refractivity contribution in [2.75, 3.05) is 5.73 Å². The summed E-state index contributed by atoms with van der Waals surface area (Å²) in [6.45, 7) is 0. The number of pyridine rings is 1. The maximum Gasteiger partial charge on any atom is 0.260 e. The minimum atomic E-state index is -0.522. The first-order chi connectivity index (χ1) is 9.65. The van der Waals surface area contributed by atoms with Gasteiger partial charge in [-0.2, -0.15) is 4.98 Å². The average Bonchev–Trinajstić information content (AvgIpc) is 2.91. The molecule has 0 aliphatic rings. The lowest BCUT2D eigenvalue weighted by Gasteiger charge is -2.00. The van der Waals surface area contributed by atoms with Crippen LogP contribution in [0.25, 0.3) is 22.8 Å². The molecular formula is C13H8BrFN4O. The molecule has 100 valence electrons. The molecule has 5 nitrogen and oxygen atoms in total. The van der Waals surface area contributed by atoms with E-state index in [1.807, 2.05) is 0 Å². The largest absolute Gasteiger partial charge is 0.396 e. The number of rotatable bonds is 2. The van der Waals surface area contributed by atoms with Gasteiger partial charge < -0.3 is 10.3 Å². The van der Waals surface area contributed by atoms with Crippen LogP contribution in [0.15, 0.2) is 45.7 Å². The minimum absolute atomic E-state index is 0.0185. The van der Waals surface area contributed by atoms with Crippen LogP contribution in [0.2, 0.25) is 0 Å². The Balaban J connectivity index is 2.04. The van der Waals surface area contributed by atoms with Gasteiger partial charge in [-0.1, -0.05) is 11.2 Å². The lowest BCUT2D eigenvalue weighted by molar-refractivity contribution is 0.432. The van der Waals surface area contributed by atoms with Crippen molar-refractivity contribution < 1.29 is 8.91 Å². The fourth-order valence-corrected chi connectivity index (χ4v) is 2.07. The lowest BCUT2D eigenvalue weighted by atomic mass is 10.1. The highest BCUT2D eigenvalue weighted by Gasteiger charge is 2.15. The van der Waals surface area contributed by atoms with Gasteiger partial charge in [0, 0.05) is 22.4 Å². The molecule has 0 saturated carbocycles. The monoisotopic (exact) mass is 334 g/mol. The number of hydrogen-bond donors (Lipinski definition) is 1. The van der Waals surface area contributed by atoms with Crippen molar-refractivity contribution in [1.82, 2.24) is 15.1 Å². The normalized spacial score (nSPS) is 10.7. The molecule has 2 N–H and O–H groups in total. The zero-order valence-corrected chi connectivity index (χ0v) is 11.6. The van der Waals surface area contributed by atoms with Crippen LogP contribution in [0.3, 0.4) is 0 Å². The summed E-state index contributed by atoms with van der Waals surface area (Å²) < 4.78 is 19.3. The van der Waals surface area contributed by atoms with Crippen LogP contribution < -0.4 is 5.73 Å². The van der Waals surface area contributed by atoms with E-state index in [0.717, 1.165) is 4.47 Å². The third kappa shape index (κ3) is 2.27. The third-order valence-corrected chi connectivity index (χ3v) is 3.11. The van der Waals surface area contributed by atoms with E-state index in [2.05, 4.69) is 31.1 Å².